The average Bonchev–Trinajstić information content (AvgIpc) is 2.33. The fourth-order valence-electron chi connectivity index (χ4n) is 0.970. The highest BCUT2D eigenvalue weighted by Gasteiger charge is 2.31. The summed E-state index contributed by atoms with van der Waals surface area (Å²) in [5, 5.41) is 3.91. The highest BCUT2D eigenvalue weighted by Crippen LogP contribution is 2.22. The van der Waals surface area contributed by atoms with Gasteiger partial charge in [0.25, 0.3) is 0 Å². The molecular formula is C7H14N2O. The van der Waals surface area contributed by atoms with Gasteiger partial charge in [0.15, 0.2) is 5.60 Å². The molecule has 0 saturated heterocycles. The van der Waals surface area contributed by atoms with E-state index < -0.39 is 0 Å². The van der Waals surface area contributed by atoms with Crippen molar-refractivity contribution in [2.75, 3.05) is 6.54 Å². The van der Waals surface area contributed by atoms with Gasteiger partial charge in [-0.3, -0.25) is 0 Å². The normalized spacial score (nSPS) is 31.7. The molecule has 1 aliphatic heterocycles. The second-order valence-corrected chi connectivity index (χ2v) is 2.93. The van der Waals surface area contributed by atoms with Crippen molar-refractivity contribution < 1.29 is 4.84 Å². The van der Waals surface area contributed by atoms with Gasteiger partial charge < -0.3 is 10.6 Å². The molecule has 0 aromatic rings. The lowest BCUT2D eigenvalue weighted by atomic mass is 9.99. The first-order chi connectivity index (χ1) is 4.70. The largest absolute Gasteiger partial charge is 0.388 e. The van der Waals surface area contributed by atoms with Crippen LogP contribution in [0.25, 0.3) is 0 Å². The molecule has 58 valence electrons. The standard InChI is InChI=1S/C7H14N2O/c1-3-6-4-7(2,5-8)10-9-6/h3-5,8H2,1-2H3. The Kier molecular flexibility index (Phi) is 1.94. The van der Waals surface area contributed by atoms with Gasteiger partial charge in [-0.1, -0.05) is 12.1 Å². The van der Waals surface area contributed by atoms with E-state index in [1.165, 1.54) is 0 Å². The van der Waals surface area contributed by atoms with Crippen molar-refractivity contribution in [3.63, 3.8) is 0 Å². The first-order valence-corrected chi connectivity index (χ1v) is 3.64. The Hall–Kier alpha value is -0.570. The van der Waals surface area contributed by atoms with E-state index in [1.807, 2.05) is 6.92 Å². The molecular weight excluding hydrogens is 128 g/mol. The van der Waals surface area contributed by atoms with Crippen molar-refractivity contribution in [3.8, 4) is 0 Å². The van der Waals surface area contributed by atoms with Gasteiger partial charge in [0.05, 0.1) is 5.71 Å². The Labute approximate surface area is 61.2 Å². The highest BCUT2D eigenvalue weighted by molar-refractivity contribution is 5.85. The molecule has 1 unspecified atom stereocenters. The van der Waals surface area contributed by atoms with Crippen LogP contribution < -0.4 is 5.73 Å². The molecule has 1 heterocycles. The third-order valence-electron chi connectivity index (χ3n) is 1.81. The molecule has 3 heteroatoms. The van der Waals surface area contributed by atoms with Crippen molar-refractivity contribution in [1.82, 2.24) is 0 Å². The third kappa shape index (κ3) is 1.29. The second kappa shape index (κ2) is 2.58. The Morgan fingerprint density at radius 3 is 2.80 bits per heavy atom. The van der Waals surface area contributed by atoms with E-state index in [0.29, 0.717) is 6.54 Å². The lowest BCUT2D eigenvalue weighted by Crippen LogP contribution is -2.34. The average molecular weight is 142 g/mol. The number of hydrogen-bond donors (Lipinski definition) is 1. The van der Waals surface area contributed by atoms with E-state index >= 15 is 0 Å². The summed E-state index contributed by atoms with van der Waals surface area (Å²) in [7, 11) is 0. The molecule has 3 nitrogen and oxygen atoms in total. The van der Waals surface area contributed by atoms with Crippen LogP contribution in [0.3, 0.4) is 0 Å². The van der Waals surface area contributed by atoms with Crippen LogP contribution in [-0.4, -0.2) is 17.9 Å². The minimum atomic E-state index is -0.217. The lowest BCUT2D eigenvalue weighted by Gasteiger charge is -2.17. The molecule has 10 heavy (non-hydrogen) atoms. The van der Waals surface area contributed by atoms with E-state index in [1.54, 1.807) is 0 Å². The molecule has 1 rings (SSSR count). The van der Waals surface area contributed by atoms with Gasteiger partial charge in [-0.05, 0) is 13.3 Å². The van der Waals surface area contributed by atoms with E-state index in [0.717, 1.165) is 18.6 Å². The third-order valence-corrected chi connectivity index (χ3v) is 1.81. The van der Waals surface area contributed by atoms with Crippen molar-refractivity contribution in [2.24, 2.45) is 10.9 Å². The monoisotopic (exact) mass is 142 g/mol. The summed E-state index contributed by atoms with van der Waals surface area (Å²) in [5.74, 6) is 0. The Balaban J connectivity index is 2.49. The molecule has 0 spiro atoms. The minimum absolute atomic E-state index is 0.217. The Bertz CT molecular complexity index is 156. The van der Waals surface area contributed by atoms with Gasteiger partial charge in [0.2, 0.25) is 0 Å². The molecule has 0 amide bonds. The predicted molar refractivity (Wildman–Crippen MR) is 40.9 cm³/mol. The molecule has 0 saturated carbocycles. The summed E-state index contributed by atoms with van der Waals surface area (Å²) < 4.78 is 0. The summed E-state index contributed by atoms with van der Waals surface area (Å²) in [6.45, 7) is 4.60. The fraction of sp³-hybridized carbons (Fsp3) is 0.857. The number of nitrogens with zero attached hydrogens (tertiary/aromatic N) is 1. The topological polar surface area (TPSA) is 47.6 Å². The zero-order valence-corrected chi connectivity index (χ0v) is 6.55. The number of oxime groups is 1. The fourth-order valence-corrected chi connectivity index (χ4v) is 0.970. The highest BCUT2D eigenvalue weighted by atomic mass is 16.7. The van der Waals surface area contributed by atoms with Gasteiger partial charge >= 0.3 is 0 Å². The van der Waals surface area contributed by atoms with E-state index in [-0.39, 0.29) is 5.60 Å². The molecule has 0 aromatic carbocycles. The molecule has 0 bridgehead atoms. The maximum absolute atomic E-state index is 5.49. The van der Waals surface area contributed by atoms with Crippen LogP contribution in [0.4, 0.5) is 0 Å². The van der Waals surface area contributed by atoms with Crippen LogP contribution in [0.2, 0.25) is 0 Å². The molecule has 1 atom stereocenters. The minimum Gasteiger partial charge on any atom is -0.388 e. The SMILES string of the molecule is CCC1=NOC(C)(CN)C1. The summed E-state index contributed by atoms with van der Waals surface area (Å²) in [5.41, 5.74) is 6.39. The molecule has 0 radical (unpaired) electrons. The van der Waals surface area contributed by atoms with Gasteiger partial charge in [-0.15, -0.1) is 0 Å². The van der Waals surface area contributed by atoms with Crippen LogP contribution in [-0.2, 0) is 4.84 Å². The van der Waals surface area contributed by atoms with Gasteiger partial charge in [0, 0.05) is 13.0 Å². The van der Waals surface area contributed by atoms with Crippen molar-refractivity contribution in [3.05, 3.63) is 0 Å². The first-order valence-electron chi connectivity index (χ1n) is 3.64. The number of hydrogen-bond acceptors (Lipinski definition) is 3. The summed E-state index contributed by atoms with van der Waals surface area (Å²) in [4.78, 5) is 5.16. The Morgan fingerprint density at radius 2 is 2.50 bits per heavy atom. The van der Waals surface area contributed by atoms with Crippen molar-refractivity contribution >= 4 is 5.71 Å². The van der Waals surface area contributed by atoms with E-state index in [4.69, 9.17) is 10.6 Å². The van der Waals surface area contributed by atoms with Crippen molar-refractivity contribution in [1.29, 1.82) is 0 Å². The number of rotatable bonds is 2. The molecule has 2 N–H and O–H groups in total. The maximum atomic E-state index is 5.49. The first kappa shape index (κ1) is 7.54. The maximum Gasteiger partial charge on any atom is 0.152 e. The van der Waals surface area contributed by atoms with Gasteiger partial charge in [-0.2, -0.15) is 0 Å². The molecule has 0 fully saturated rings. The van der Waals surface area contributed by atoms with Gasteiger partial charge in [0.1, 0.15) is 0 Å². The second-order valence-electron chi connectivity index (χ2n) is 2.93. The van der Waals surface area contributed by atoms with Crippen LogP contribution in [0, 0.1) is 0 Å². The zero-order valence-electron chi connectivity index (χ0n) is 6.55. The summed E-state index contributed by atoms with van der Waals surface area (Å²) in [6.07, 6.45) is 1.86. The number of nitrogens with two attached hydrogens (primary N) is 1. The van der Waals surface area contributed by atoms with Crippen molar-refractivity contribution in [2.45, 2.75) is 32.3 Å². The van der Waals surface area contributed by atoms with E-state index in [9.17, 15) is 0 Å². The lowest BCUT2D eigenvalue weighted by molar-refractivity contribution is 0.00421. The van der Waals surface area contributed by atoms with Crippen LogP contribution in [0.1, 0.15) is 26.7 Å². The summed E-state index contributed by atoms with van der Waals surface area (Å²) >= 11 is 0. The van der Waals surface area contributed by atoms with E-state index in [2.05, 4.69) is 12.1 Å². The Morgan fingerprint density at radius 1 is 1.80 bits per heavy atom. The summed E-state index contributed by atoms with van der Waals surface area (Å²) in [6, 6.07) is 0. The van der Waals surface area contributed by atoms with Crippen LogP contribution >= 0.6 is 0 Å². The van der Waals surface area contributed by atoms with Gasteiger partial charge in [-0.25, -0.2) is 0 Å². The molecule has 0 aromatic heterocycles. The zero-order chi connectivity index (χ0) is 7.61. The van der Waals surface area contributed by atoms with Crippen LogP contribution in [0.5, 0.6) is 0 Å². The molecule has 0 aliphatic carbocycles. The predicted octanol–water partition coefficient (Wildman–Crippen LogP) is 0.890. The quantitative estimate of drug-likeness (QED) is 0.622. The molecule has 1 aliphatic rings. The van der Waals surface area contributed by atoms with Crippen LogP contribution in [0.15, 0.2) is 5.16 Å². The smallest absolute Gasteiger partial charge is 0.152 e.